The maximum absolute atomic E-state index is 13.4. The van der Waals surface area contributed by atoms with Crippen molar-refractivity contribution in [3.8, 4) is 17.2 Å². The van der Waals surface area contributed by atoms with Crippen molar-refractivity contribution < 1.29 is 27.4 Å². The summed E-state index contributed by atoms with van der Waals surface area (Å²) in [6, 6.07) is 11.7. The Morgan fingerprint density at radius 2 is 1.45 bits per heavy atom. The molecular weight excluding hydrogens is 418 g/mol. The number of methoxy groups -OCH3 is 3. The van der Waals surface area contributed by atoms with Crippen molar-refractivity contribution in [3.05, 3.63) is 48.0 Å². The molecular formula is C23H27NO6S. The number of hydrogen-bond donors (Lipinski definition) is 0. The lowest BCUT2D eigenvalue weighted by molar-refractivity contribution is 0.0597. The van der Waals surface area contributed by atoms with Gasteiger partial charge in [0, 0.05) is 17.6 Å². The first kappa shape index (κ1) is 21.5. The molecule has 0 saturated carbocycles. The summed E-state index contributed by atoms with van der Waals surface area (Å²) < 4.78 is 42.4. The number of fused-ring (bicyclic) bond motifs is 2. The summed E-state index contributed by atoms with van der Waals surface area (Å²) in [6.07, 6.45) is 2.51. The number of rotatable bonds is 6. The molecule has 2 fully saturated rings. The molecule has 8 heteroatoms. The van der Waals surface area contributed by atoms with Crippen LogP contribution < -0.4 is 14.2 Å². The van der Waals surface area contributed by atoms with Gasteiger partial charge in [-0.1, -0.05) is 18.2 Å². The van der Waals surface area contributed by atoms with Crippen LogP contribution >= 0.6 is 0 Å². The van der Waals surface area contributed by atoms with E-state index in [2.05, 4.69) is 0 Å². The molecule has 0 radical (unpaired) electrons. The fraction of sp³-hybridized carbons (Fsp3) is 0.435. The third-order valence-electron chi connectivity index (χ3n) is 6.35. The lowest BCUT2D eigenvalue weighted by atomic mass is 10.0. The van der Waals surface area contributed by atoms with Crippen molar-refractivity contribution in [3.63, 3.8) is 0 Å². The third kappa shape index (κ3) is 3.73. The Morgan fingerprint density at radius 1 is 0.903 bits per heavy atom. The highest BCUT2D eigenvalue weighted by Crippen LogP contribution is 2.43. The summed E-state index contributed by atoms with van der Waals surface area (Å²) in [5.41, 5.74) is 0.441. The van der Waals surface area contributed by atoms with E-state index in [-0.39, 0.29) is 18.0 Å². The molecule has 2 saturated heterocycles. The van der Waals surface area contributed by atoms with Crippen LogP contribution in [0.2, 0.25) is 0 Å². The van der Waals surface area contributed by atoms with Crippen molar-refractivity contribution in [1.82, 2.24) is 4.90 Å². The highest BCUT2D eigenvalue weighted by Gasteiger charge is 2.47. The highest BCUT2D eigenvalue weighted by molar-refractivity contribution is 7.92. The molecule has 2 atom stereocenters. The molecule has 4 rings (SSSR count). The van der Waals surface area contributed by atoms with Gasteiger partial charge in [0.1, 0.15) is 0 Å². The normalized spacial score (nSPS) is 22.8. The Balaban J connectivity index is 1.60. The second-order valence-corrected chi connectivity index (χ2v) is 10.2. The number of ether oxygens (including phenoxy) is 3. The first-order valence-electron chi connectivity index (χ1n) is 10.3. The third-order valence-corrected chi connectivity index (χ3v) is 8.54. The maximum Gasteiger partial charge on any atom is 0.254 e. The molecule has 2 aromatic carbocycles. The number of benzene rings is 2. The molecule has 7 nitrogen and oxygen atoms in total. The van der Waals surface area contributed by atoms with Gasteiger partial charge in [0.05, 0.1) is 31.5 Å². The van der Waals surface area contributed by atoms with Crippen LogP contribution in [0.4, 0.5) is 0 Å². The fourth-order valence-electron chi connectivity index (χ4n) is 4.87. The second-order valence-electron chi connectivity index (χ2n) is 7.96. The van der Waals surface area contributed by atoms with E-state index in [0.29, 0.717) is 40.5 Å². The second kappa shape index (κ2) is 8.42. The van der Waals surface area contributed by atoms with Gasteiger partial charge >= 0.3 is 0 Å². The first-order chi connectivity index (χ1) is 14.9. The van der Waals surface area contributed by atoms with Crippen LogP contribution in [0.25, 0.3) is 0 Å². The Bertz CT molecular complexity index is 1030. The molecule has 2 aliphatic heterocycles. The number of carbonyl (C=O) groups is 1. The molecule has 166 valence electrons. The van der Waals surface area contributed by atoms with Gasteiger partial charge in [0.15, 0.2) is 21.3 Å². The SMILES string of the molecule is COc1cc(C(=O)N2C3CCC2CC(S(=O)(=O)c2ccccc2)C3)cc(OC)c1OC. The molecule has 2 aromatic rings. The Kier molecular flexibility index (Phi) is 5.83. The topological polar surface area (TPSA) is 82.1 Å². The van der Waals surface area contributed by atoms with Gasteiger partial charge in [-0.25, -0.2) is 8.42 Å². The van der Waals surface area contributed by atoms with Crippen LogP contribution in [0.1, 0.15) is 36.0 Å². The molecule has 2 bridgehead atoms. The number of piperidine rings is 1. The van der Waals surface area contributed by atoms with Crippen LogP contribution in [0.15, 0.2) is 47.4 Å². The molecule has 31 heavy (non-hydrogen) atoms. The number of hydrogen-bond acceptors (Lipinski definition) is 6. The van der Waals surface area contributed by atoms with Crippen LogP contribution in [0.3, 0.4) is 0 Å². The zero-order chi connectivity index (χ0) is 22.2. The largest absolute Gasteiger partial charge is 0.493 e. The van der Waals surface area contributed by atoms with Crippen molar-refractivity contribution >= 4 is 15.7 Å². The molecule has 0 N–H and O–H groups in total. The number of sulfone groups is 1. The minimum absolute atomic E-state index is 0.103. The Morgan fingerprint density at radius 3 is 1.94 bits per heavy atom. The van der Waals surface area contributed by atoms with Crippen LogP contribution in [0, 0.1) is 0 Å². The van der Waals surface area contributed by atoms with Gasteiger partial charge in [0.25, 0.3) is 5.91 Å². The summed E-state index contributed by atoms with van der Waals surface area (Å²) in [5, 5.41) is -0.476. The van der Waals surface area contributed by atoms with Gasteiger partial charge in [-0.05, 0) is 49.9 Å². The van der Waals surface area contributed by atoms with Crippen molar-refractivity contribution in [1.29, 1.82) is 0 Å². The molecule has 0 aliphatic carbocycles. The molecule has 2 unspecified atom stereocenters. The van der Waals surface area contributed by atoms with E-state index in [1.54, 1.807) is 42.5 Å². The summed E-state index contributed by atoms with van der Waals surface area (Å²) in [7, 11) is 1.11. The zero-order valence-electron chi connectivity index (χ0n) is 17.9. The average molecular weight is 446 g/mol. The lowest BCUT2D eigenvalue weighted by Crippen LogP contribution is -2.49. The van der Waals surface area contributed by atoms with Crippen molar-refractivity contribution in [2.45, 2.75) is 47.9 Å². The van der Waals surface area contributed by atoms with Gasteiger partial charge in [0.2, 0.25) is 5.75 Å². The van der Waals surface area contributed by atoms with Crippen LogP contribution in [-0.2, 0) is 9.84 Å². The van der Waals surface area contributed by atoms with Crippen molar-refractivity contribution in [2.24, 2.45) is 0 Å². The standard InChI is InChI=1S/C23H27NO6S/c1-28-20-11-15(12-21(29-2)22(20)30-3)23(25)24-16-9-10-17(24)14-19(13-16)31(26,27)18-7-5-4-6-8-18/h4-8,11-12,16-17,19H,9-10,13-14H2,1-3H3. The molecule has 2 aliphatic rings. The van der Waals surface area contributed by atoms with E-state index >= 15 is 0 Å². The van der Waals surface area contributed by atoms with E-state index in [9.17, 15) is 13.2 Å². The number of amides is 1. The summed E-state index contributed by atoms with van der Waals surface area (Å²) in [6.45, 7) is 0. The minimum Gasteiger partial charge on any atom is -0.493 e. The van der Waals surface area contributed by atoms with Crippen LogP contribution in [0.5, 0.6) is 17.2 Å². The van der Waals surface area contributed by atoms with E-state index in [1.807, 2.05) is 4.90 Å². The Hall–Kier alpha value is -2.74. The van der Waals surface area contributed by atoms with E-state index in [1.165, 1.54) is 21.3 Å². The van der Waals surface area contributed by atoms with Gasteiger partial charge in [-0.2, -0.15) is 0 Å². The zero-order valence-corrected chi connectivity index (χ0v) is 18.7. The van der Waals surface area contributed by atoms with E-state index in [0.717, 1.165) is 12.8 Å². The molecule has 0 spiro atoms. The fourth-order valence-corrected chi connectivity index (χ4v) is 6.74. The van der Waals surface area contributed by atoms with Crippen LogP contribution in [-0.4, -0.2) is 57.9 Å². The lowest BCUT2D eigenvalue weighted by Gasteiger charge is -2.38. The Labute approximate surface area is 182 Å². The smallest absolute Gasteiger partial charge is 0.254 e. The maximum atomic E-state index is 13.4. The first-order valence-corrected chi connectivity index (χ1v) is 11.9. The van der Waals surface area contributed by atoms with Gasteiger partial charge in [-0.15, -0.1) is 0 Å². The summed E-state index contributed by atoms with van der Waals surface area (Å²) in [4.78, 5) is 15.7. The predicted octanol–water partition coefficient (Wildman–Crippen LogP) is 3.32. The van der Waals surface area contributed by atoms with Crippen molar-refractivity contribution in [2.75, 3.05) is 21.3 Å². The molecule has 2 heterocycles. The molecule has 1 amide bonds. The van der Waals surface area contributed by atoms with Gasteiger partial charge in [-0.3, -0.25) is 4.79 Å². The number of carbonyl (C=O) groups excluding carboxylic acids is 1. The highest BCUT2D eigenvalue weighted by atomic mass is 32.2. The van der Waals surface area contributed by atoms with Gasteiger partial charge < -0.3 is 19.1 Å². The van der Waals surface area contributed by atoms with E-state index in [4.69, 9.17) is 14.2 Å². The summed E-state index contributed by atoms with van der Waals surface area (Å²) >= 11 is 0. The number of nitrogens with zero attached hydrogens (tertiary/aromatic N) is 1. The quantitative estimate of drug-likeness (QED) is 0.678. The molecule has 0 aromatic heterocycles. The minimum atomic E-state index is -3.43. The average Bonchev–Trinajstić information content (AvgIpc) is 3.06. The van der Waals surface area contributed by atoms with E-state index < -0.39 is 15.1 Å². The summed E-state index contributed by atoms with van der Waals surface area (Å²) in [5.74, 6) is 1.12. The predicted molar refractivity (Wildman–Crippen MR) is 116 cm³/mol. The monoisotopic (exact) mass is 445 g/mol.